The Labute approximate surface area is 156 Å². The Morgan fingerprint density at radius 3 is 2.46 bits per heavy atom. The number of amides is 1. The zero-order valence-electron chi connectivity index (χ0n) is 14.1. The van der Waals surface area contributed by atoms with Crippen LogP contribution in [0.4, 0.5) is 21.5 Å². The number of nitrogens with one attached hydrogen (secondary N) is 2. The Bertz CT molecular complexity index is 929. The van der Waals surface area contributed by atoms with Crippen molar-refractivity contribution in [2.24, 2.45) is 0 Å². The van der Waals surface area contributed by atoms with Crippen molar-refractivity contribution in [1.29, 1.82) is 0 Å². The average molecular weight is 370 g/mol. The van der Waals surface area contributed by atoms with E-state index in [-0.39, 0.29) is 10.9 Å². The van der Waals surface area contributed by atoms with Gasteiger partial charge in [-0.15, -0.1) is 0 Å². The van der Waals surface area contributed by atoms with E-state index in [1.165, 1.54) is 23.9 Å². The molecule has 2 N–H and O–H groups in total. The van der Waals surface area contributed by atoms with Crippen molar-refractivity contribution in [2.75, 3.05) is 10.6 Å². The van der Waals surface area contributed by atoms with Gasteiger partial charge in [-0.2, -0.15) is 0 Å². The van der Waals surface area contributed by atoms with Gasteiger partial charge < -0.3 is 10.6 Å². The molecule has 0 saturated heterocycles. The first-order chi connectivity index (χ1) is 12.5. The minimum Gasteiger partial charge on any atom is -0.354 e. The van der Waals surface area contributed by atoms with E-state index in [2.05, 4.69) is 22.5 Å². The van der Waals surface area contributed by atoms with Crippen molar-refractivity contribution in [3.63, 3.8) is 0 Å². The number of carbonyl (C=O) groups is 1. The van der Waals surface area contributed by atoms with E-state index in [9.17, 15) is 9.18 Å². The Morgan fingerprint density at radius 1 is 1.04 bits per heavy atom. The Balaban J connectivity index is 1.73. The molecular formula is C20H17ClFN3O. The van der Waals surface area contributed by atoms with Gasteiger partial charge >= 0.3 is 0 Å². The number of aryl methyl sites for hydroxylation is 1. The van der Waals surface area contributed by atoms with Crippen molar-refractivity contribution < 1.29 is 9.18 Å². The number of rotatable bonds is 5. The maximum atomic E-state index is 13.2. The van der Waals surface area contributed by atoms with Crippen molar-refractivity contribution in [3.8, 4) is 0 Å². The molecule has 0 bridgehead atoms. The van der Waals surface area contributed by atoms with Gasteiger partial charge in [-0.3, -0.25) is 9.78 Å². The molecule has 2 aromatic carbocycles. The van der Waals surface area contributed by atoms with Gasteiger partial charge in [0.1, 0.15) is 5.82 Å². The zero-order chi connectivity index (χ0) is 18.5. The van der Waals surface area contributed by atoms with Crippen LogP contribution in [0.5, 0.6) is 0 Å². The fourth-order valence-electron chi connectivity index (χ4n) is 2.40. The van der Waals surface area contributed by atoms with Gasteiger partial charge in [0.05, 0.1) is 22.5 Å². The molecule has 0 atom stereocenters. The minimum atomic E-state index is -0.488. The second-order valence-electron chi connectivity index (χ2n) is 5.72. The number of benzene rings is 2. The normalized spacial score (nSPS) is 10.4. The van der Waals surface area contributed by atoms with Crippen LogP contribution in [-0.2, 0) is 6.42 Å². The molecule has 1 heterocycles. The first kappa shape index (κ1) is 17.9. The molecule has 26 heavy (non-hydrogen) atoms. The fraction of sp³-hybridized carbons (Fsp3) is 0.100. The Hall–Kier alpha value is -2.92. The summed E-state index contributed by atoms with van der Waals surface area (Å²) in [5, 5.41) is 5.91. The number of hydrogen-bond donors (Lipinski definition) is 2. The van der Waals surface area contributed by atoms with Gasteiger partial charge in [-0.1, -0.05) is 30.7 Å². The van der Waals surface area contributed by atoms with Crippen LogP contribution in [0.3, 0.4) is 0 Å². The molecule has 3 aromatic rings. The predicted octanol–water partition coefficient (Wildman–Crippen LogP) is 5.43. The molecule has 4 nitrogen and oxygen atoms in total. The van der Waals surface area contributed by atoms with Crippen LogP contribution in [0.25, 0.3) is 0 Å². The van der Waals surface area contributed by atoms with E-state index in [4.69, 9.17) is 11.6 Å². The number of pyridine rings is 1. The third-order valence-corrected chi connectivity index (χ3v) is 4.12. The maximum absolute atomic E-state index is 13.2. The van der Waals surface area contributed by atoms with Crippen molar-refractivity contribution in [2.45, 2.75) is 13.3 Å². The number of hydrogen-bond acceptors (Lipinski definition) is 3. The van der Waals surface area contributed by atoms with Gasteiger partial charge in [0, 0.05) is 17.6 Å². The lowest BCUT2D eigenvalue weighted by molar-refractivity contribution is 0.102. The molecule has 3 rings (SSSR count). The van der Waals surface area contributed by atoms with E-state index in [1.807, 2.05) is 24.3 Å². The highest BCUT2D eigenvalue weighted by Gasteiger charge is 2.08. The molecule has 0 unspecified atom stereocenters. The Morgan fingerprint density at radius 2 is 1.77 bits per heavy atom. The summed E-state index contributed by atoms with van der Waals surface area (Å²) in [5.74, 6) is -0.750. The fourth-order valence-corrected chi connectivity index (χ4v) is 2.58. The number of aromatic nitrogens is 1. The predicted molar refractivity (Wildman–Crippen MR) is 103 cm³/mol. The van der Waals surface area contributed by atoms with E-state index in [0.717, 1.165) is 12.1 Å². The molecule has 1 aromatic heterocycles. The lowest BCUT2D eigenvalue weighted by Gasteiger charge is -2.09. The molecule has 6 heteroatoms. The zero-order valence-corrected chi connectivity index (χ0v) is 14.8. The molecule has 0 aliphatic heterocycles. The average Bonchev–Trinajstić information content (AvgIpc) is 2.65. The molecular weight excluding hydrogens is 353 g/mol. The van der Waals surface area contributed by atoms with Crippen molar-refractivity contribution in [3.05, 3.63) is 82.9 Å². The summed E-state index contributed by atoms with van der Waals surface area (Å²) in [6, 6.07) is 13.7. The molecule has 0 saturated carbocycles. The second kappa shape index (κ2) is 7.97. The lowest BCUT2D eigenvalue weighted by Crippen LogP contribution is -2.12. The summed E-state index contributed by atoms with van der Waals surface area (Å²) in [5.41, 5.74) is 3.53. The summed E-state index contributed by atoms with van der Waals surface area (Å²) < 4.78 is 13.2. The molecule has 0 radical (unpaired) electrons. The monoisotopic (exact) mass is 369 g/mol. The van der Waals surface area contributed by atoms with Crippen LogP contribution < -0.4 is 10.6 Å². The van der Waals surface area contributed by atoms with Gasteiger partial charge in [0.25, 0.3) is 5.91 Å². The Kier molecular flexibility index (Phi) is 5.49. The highest BCUT2D eigenvalue weighted by Crippen LogP contribution is 2.23. The largest absolute Gasteiger partial charge is 0.354 e. The maximum Gasteiger partial charge on any atom is 0.257 e. The second-order valence-corrected chi connectivity index (χ2v) is 6.13. The molecule has 0 aliphatic rings. The van der Waals surface area contributed by atoms with Gasteiger partial charge in [-0.25, -0.2) is 4.39 Å². The quantitative estimate of drug-likeness (QED) is 0.630. The molecule has 0 fully saturated rings. The van der Waals surface area contributed by atoms with Gasteiger partial charge in [0.2, 0.25) is 0 Å². The first-order valence-corrected chi connectivity index (χ1v) is 8.50. The first-order valence-electron chi connectivity index (χ1n) is 8.12. The van der Waals surface area contributed by atoms with E-state index in [1.54, 1.807) is 18.3 Å². The van der Waals surface area contributed by atoms with E-state index in [0.29, 0.717) is 16.9 Å². The van der Waals surface area contributed by atoms with Gasteiger partial charge in [-0.05, 0) is 48.4 Å². The highest BCUT2D eigenvalue weighted by atomic mass is 35.5. The number of halogens is 2. The van der Waals surface area contributed by atoms with Crippen molar-refractivity contribution in [1.82, 2.24) is 4.98 Å². The van der Waals surface area contributed by atoms with Crippen molar-refractivity contribution >= 4 is 34.6 Å². The SMILES string of the molecule is CCc1ccc(NC(=O)c2cncc(Nc3ccc(F)c(Cl)c3)c2)cc1. The topological polar surface area (TPSA) is 54.0 Å². The van der Waals surface area contributed by atoms with Gasteiger partial charge in [0.15, 0.2) is 0 Å². The van der Waals surface area contributed by atoms with Crippen LogP contribution >= 0.6 is 11.6 Å². The standard InChI is InChI=1S/C20H17ClFN3O/c1-2-13-3-5-15(6-4-13)25-20(26)14-9-17(12-23-11-14)24-16-7-8-19(22)18(21)10-16/h3-12,24H,2H2,1H3,(H,25,26). The summed E-state index contributed by atoms with van der Waals surface area (Å²) >= 11 is 5.78. The molecule has 0 spiro atoms. The summed E-state index contributed by atoms with van der Waals surface area (Å²) in [7, 11) is 0. The third kappa shape index (κ3) is 4.37. The minimum absolute atomic E-state index is 0.0207. The third-order valence-electron chi connectivity index (χ3n) is 3.83. The van der Waals surface area contributed by atoms with Crippen LogP contribution in [0.1, 0.15) is 22.8 Å². The smallest absolute Gasteiger partial charge is 0.257 e. The lowest BCUT2D eigenvalue weighted by atomic mass is 10.1. The summed E-state index contributed by atoms with van der Waals surface area (Å²) in [6.45, 7) is 2.08. The summed E-state index contributed by atoms with van der Waals surface area (Å²) in [4.78, 5) is 16.5. The highest BCUT2D eigenvalue weighted by molar-refractivity contribution is 6.31. The van der Waals surface area contributed by atoms with Crippen LogP contribution in [0.2, 0.25) is 5.02 Å². The number of anilines is 3. The van der Waals surface area contributed by atoms with Crippen LogP contribution in [0, 0.1) is 5.82 Å². The molecule has 1 amide bonds. The van der Waals surface area contributed by atoms with E-state index >= 15 is 0 Å². The molecule has 132 valence electrons. The van der Waals surface area contributed by atoms with Crippen LogP contribution in [-0.4, -0.2) is 10.9 Å². The molecule has 0 aliphatic carbocycles. The van der Waals surface area contributed by atoms with Crippen LogP contribution in [0.15, 0.2) is 60.9 Å². The number of carbonyl (C=O) groups excluding carboxylic acids is 1. The number of nitrogens with zero attached hydrogens (tertiary/aromatic N) is 1. The summed E-state index contributed by atoms with van der Waals surface area (Å²) in [6.07, 6.45) is 4.00. The van der Waals surface area contributed by atoms with E-state index < -0.39 is 5.82 Å².